The molecule has 29 heavy (non-hydrogen) atoms. The number of carbonyl (C=O) groups excluding carboxylic acids is 1. The molecule has 1 aromatic heterocycles. The fourth-order valence-electron chi connectivity index (χ4n) is 3.99. The van der Waals surface area contributed by atoms with Crippen LogP contribution in [0.25, 0.3) is 0 Å². The average molecular weight is 393 g/mol. The van der Waals surface area contributed by atoms with Crippen molar-refractivity contribution in [3.05, 3.63) is 41.9 Å². The summed E-state index contributed by atoms with van der Waals surface area (Å²) in [5.74, 6) is -0.127. The molecule has 1 amide bonds. The Balaban J connectivity index is 1.59. The van der Waals surface area contributed by atoms with Crippen LogP contribution >= 0.6 is 0 Å². The number of amides is 1. The number of nitriles is 1. The van der Waals surface area contributed by atoms with E-state index in [4.69, 9.17) is 9.68 Å². The molecule has 0 atom stereocenters. The lowest BCUT2D eigenvalue weighted by Crippen LogP contribution is -2.44. The van der Waals surface area contributed by atoms with Crippen molar-refractivity contribution in [3.8, 4) is 6.07 Å². The van der Waals surface area contributed by atoms with Crippen LogP contribution in [-0.4, -0.2) is 57.1 Å². The highest BCUT2D eigenvalue weighted by Gasteiger charge is 2.21. The van der Waals surface area contributed by atoms with E-state index in [1.165, 1.54) is 37.3 Å². The predicted molar refractivity (Wildman–Crippen MR) is 114 cm³/mol. The first-order valence-electron chi connectivity index (χ1n) is 10.3. The van der Waals surface area contributed by atoms with Gasteiger partial charge in [0.1, 0.15) is 12.3 Å². The number of benzene rings is 1. The van der Waals surface area contributed by atoms with Crippen LogP contribution in [0.4, 0.5) is 17.1 Å². The second kappa shape index (κ2) is 8.58. The molecular formula is C22H27N5O2. The molecule has 1 N–H and O–H groups in total. The first kappa shape index (κ1) is 19.3. The van der Waals surface area contributed by atoms with Crippen molar-refractivity contribution in [2.75, 3.05) is 61.4 Å². The van der Waals surface area contributed by atoms with Gasteiger partial charge in [0, 0.05) is 51.0 Å². The molecule has 3 heterocycles. The summed E-state index contributed by atoms with van der Waals surface area (Å²) < 4.78 is 5.08. The number of likely N-dealkylation sites (N-methyl/N-ethyl adjacent to an activating group) is 1. The molecule has 1 aromatic carbocycles. The lowest BCUT2D eigenvalue weighted by atomic mass is 10.1. The SMILES string of the molecule is CN1CCN(c2ccc(NC(=O)c3coc(C#N)c3)c(N3CCCCC3)c2)CC1. The molecule has 0 aliphatic carbocycles. The Morgan fingerprint density at radius 2 is 1.79 bits per heavy atom. The largest absolute Gasteiger partial charge is 0.453 e. The van der Waals surface area contributed by atoms with Crippen LogP contribution in [0.2, 0.25) is 0 Å². The van der Waals surface area contributed by atoms with Crippen LogP contribution in [0.3, 0.4) is 0 Å². The minimum absolute atomic E-state index is 0.136. The molecule has 0 bridgehead atoms. The third kappa shape index (κ3) is 4.38. The monoisotopic (exact) mass is 393 g/mol. The van der Waals surface area contributed by atoms with E-state index in [1.54, 1.807) is 0 Å². The minimum Gasteiger partial charge on any atom is -0.453 e. The number of hydrogen-bond acceptors (Lipinski definition) is 6. The lowest BCUT2D eigenvalue weighted by Gasteiger charge is -2.36. The van der Waals surface area contributed by atoms with Crippen molar-refractivity contribution in [2.24, 2.45) is 0 Å². The smallest absolute Gasteiger partial charge is 0.259 e. The van der Waals surface area contributed by atoms with Gasteiger partial charge in [-0.1, -0.05) is 0 Å². The highest BCUT2D eigenvalue weighted by molar-refractivity contribution is 6.06. The van der Waals surface area contributed by atoms with Crippen LogP contribution in [0.1, 0.15) is 35.4 Å². The zero-order valence-electron chi connectivity index (χ0n) is 16.9. The molecule has 2 aromatic rings. The van der Waals surface area contributed by atoms with Gasteiger partial charge in [-0.2, -0.15) is 5.26 Å². The predicted octanol–water partition coefficient (Wildman–Crippen LogP) is 3.15. The first-order valence-corrected chi connectivity index (χ1v) is 10.3. The summed E-state index contributed by atoms with van der Waals surface area (Å²) in [6, 6.07) is 9.68. The van der Waals surface area contributed by atoms with Crippen LogP contribution < -0.4 is 15.1 Å². The number of nitrogens with one attached hydrogen (secondary N) is 1. The molecule has 4 rings (SSSR count). The van der Waals surface area contributed by atoms with Gasteiger partial charge in [-0.05, 0) is 44.5 Å². The van der Waals surface area contributed by atoms with Crippen molar-refractivity contribution >= 4 is 23.0 Å². The molecule has 0 radical (unpaired) electrons. The summed E-state index contributed by atoms with van der Waals surface area (Å²) in [4.78, 5) is 19.8. The quantitative estimate of drug-likeness (QED) is 0.860. The highest BCUT2D eigenvalue weighted by Crippen LogP contribution is 2.33. The number of anilines is 3. The maximum absolute atomic E-state index is 12.7. The Hall–Kier alpha value is -2.98. The lowest BCUT2D eigenvalue weighted by molar-refractivity contribution is 0.102. The Kier molecular flexibility index (Phi) is 5.72. The van der Waals surface area contributed by atoms with E-state index in [1.807, 2.05) is 12.1 Å². The molecule has 7 nitrogen and oxygen atoms in total. The fraction of sp³-hybridized carbons (Fsp3) is 0.455. The van der Waals surface area contributed by atoms with Crippen molar-refractivity contribution in [1.82, 2.24) is 4.90 Å². The molecule has 2 aliphatic heterocycles. The van der Waals surface area contributed by atoms with Crippen molar-refractivity contribution < 1.29 is 9.21 Å². The zero-order chi connectivity index (χ0) is 20.2. The van der Waals surface area contributed by atoms with Gasteiger partial charge in [0.05, 0.1) is 16.9 Å². The van der Waals surface area contributed by atoms with E-state index in [2.05, 4.69) is 39.2 Å². The number of piperazine rings is 1. The van der Waals surface area contributed by atoms with Gasteiger partial charge in [-0.15, -0.1) is 0 Å². The molecule has 2 fully saturated rings. The van der Waals surface area contributed by atoms with Crippen LogP contribution in [0.15, 0.2) is 34.9 Å². The van der Waals surface area contributed by atoms with Crippen LogP contribution in [0.5, 0.6) is 0 Å². The number of hydrogen-bond donors (Lipinski definition) is 1. The number of carbonyl (C=O) groups is 1. The van der Waals surface area contributed by atoms with Gasteiger partial charge in [0.2, 0.25) is 5.76 Å². The molecule has 0 unspecified atom stereocenters. The minimum atomic E-state index is -0.263. The number of piperidine rings is 1. The number of nitrogens with zero attached hydrogens (tertiary/aromatic N) is 4. The van der Waals surface area contributed by atoms with Gasteiger partial charge in [-0.25, -0.2) is 0 Å². The molecule has 2 saturated heterocycles. The average Bonchev–Trinajstić information content (AvgIpc) is 3.25. The second-order valence-electron chi connectivity index (χ2n) is 7.81. The second-order valence-corrected chi connectivity index (χ2v) is 7.81. The summed E-state index contributed by atoms with van der Waals surface area (Å²) in [5.41, 5.74) is 3.43. The summed E-state index contributed by atoms with van der Waals surface area (Å²) in [6.45, 7) is 6.12. The third-order valence-corrected chi connectivity index (χ3v) is 5.77. The molecule has 0 saturated carbocycles. The fourth-order valence-corrected chi connectivity index (χ4v) is 3.99. The topological polar surface area (TPSA) is 75.7 Å². The van der Waals surface area contributed by atoms with Crippen LogP contribution in [-0.2, 0) is 0 Å². The normalized spacial score (nSPS) is 17.8. The summed E-state index contributed by atoms with van der Waals surface area (Å²) in [7, 11) is 2.16. The van der Waals surface area contributed by atoms with Crippen molar-refractivity contribution in [2.45, 2.75) is 19.3 Å². The standard InChI is InChI=1S/C22H27N5O2/c1-25-9-11-26(12-10-25)18-5-6-20(21(14-18)27-7-3-2-4-8-27)24-22(28)17-13-19(15-23)29-16-17/h5-6,13-14,16H,2-4,7-12H2,1H3,(H,24,28). The highest BCUT2D eigenvalue weighted by atomic mass is 16.3. The van der Waals surface area contributed by atoms with Gasteiger partial charge in [0.15, 0.2) is 0 Å². The molecule has 0 spiro atoms. The van der Waals surface area contributed by atoms with E-state index in [9.17, 15) is 4.79 Å². The number of furan rings is 1. The van der Waals surface area contributed by atoms with E-state index in [-0.39, 0.29) is 11.7 Å². The summed E-state index contributed by atoms with van der Waals surface area (Å²) in [6.07, 6.45) is 4.91. The van der Waals surface area contributed by atoms with Crippen molar-refractivity contribution in [1.29, 1.82) is 5.26 Å². The molecule has 2 aliphatic rings. The first-order chi connectivity index (χ1) is 14.1. The molecule has 7 heteroatoms. The van der Waals surface area contributed by atoms with Gasteiger partial charge in [-0.3, -0.25) is 4.79 Å². The van der Waals surface area contributed by atoms with Gasteiger partial charge >= 0.3 is 0 Å². The molecular weight excluding hydrogens is 366 g/mol. The van der Waals surface area contributed by atoms with E-state index in [0.717, 1.165) is 50.6 Å². The van der Waals surface area contributed by atoms with E-state index >= 15 is 0 Å². The molecule has 152 valence electrons. The van der Waals surface area contributed by atoms with E-state index in [0.29, 0.717) is 5.56 Å². The zero-order valence-corrected chi connectivity index (χ0v) is 16.9. The Morgan fingerprint density at radius 3 is 2.48 bits per heavy atom. The summed E-state index contributed by atoms with van der Waals surface area (Å²) >= 11 is 0. The van der Waals surface area contributed by atoms with Gasteiger partial charge < -0.3 is 24.4 Å². The third-order valence-electron chi connectivity index (χ3n) is 5.77. The summed E-state index contributed by atoms with van der Waals surface area (Å²) in [5, 5.41) is 11.9. The van der Waals surface area contributed by atoms with E-state index < -0.39 is 0 Å². The Bertz CT molecular complexity index is 902. The number of rotatable bonds is 4. The van der Waals surface area contributed by atoms with Gasteiger partial charge in [0.25, 0.3) is 5.91 Å². The maximum Gasteiger partial charge on any atom is 0.259 e. The van der Waals surface area contributed by atoms with Crippen molar-refractivity contribution in [3.63, 3.8) is 0 Å². The Morgan fingerprint density at radius 1 is 1.03 bits per heavy atom. The van der Waals surface area contributed by atoms with Crippen LogP contribution in [0, 0.1) is 11.3 Å². The maximum atomic E-state index is 12.7. The Labute approximate surface area is 171 Å².